The van der Waals surface area contributed by atoms with Crippen molar-refractivity contribution in [1.82, 2.24) is 0 Å². The van der Waals surface area contributed by atoms with E-state index in [1.54, 1.807) is 6.92 Å². The van der Waals surface area contributed by atoms with Crippen LogP contribution in [-0.2, 0) is 19.0 Å². The van der Waals surface area contributed by atoms with Gasteiger partial charge >= 0.3 is 0 Å². The van der Waals surface area contributed by atoms with Crippen molar-refractivity contribution in [2.45, 2.75) is 17.9 Å². The van der Waals surface area contributed by atoms with Crippen LogP contribution in [0.1, 0.15) is 6.92 Å². The zero-order valence-corrected chi connectivity index (χ0v) is 10.7. The van der Waals surface area contributed by atoms with Crippen LogP contribution in [0, 0.1) is 10.1 Å². The Morgan fingerprint density at radius 3 is 2.33 bits per heavy atom. The number of hydrogen-bond donors (Lipinski definition) is 0. The molecule has 0 spiro atoms. The van der Waals surface area contributed by atoms with Gasteiger partial charge in [0.1, 0.15) is 0 Å². The van der Waals surface area contributed by atoms with Crippen molar-refractivity contribution in [2.75, 3.05) is 13.7 Å². The van der Waals surface area contributed by atoms with Crippen LogP contribution in [0.4, 0.5) is 5.69 Å². The average molecular weight is 275 g/mol. The standard InChI is InChI=1S/C10H13NO6S/c1-8(7-16-2)17-18(14,15)10-5-3-9(4-6-10)11(12)13/h3-6,8H,7H2,1-2H3. The predicted octanol–water partition coefficient (Wildman–Crippen LogP) is 1.33. The fourth-order valence-electron chi connectivity index (χ4n) is 1.27. The minimum absolute atomic E-state index is 0.129. The first-order valence-electron chi connectivity index (χ1n) is 5.03. The van der Waals surface area contributed by atoms with E-state index in [9.17, 15) is 18.5 Å². The van der Waals surface area contributed by atoms with E-state index in [0.29, 0.717) is 0 Å². The second-order valence-electron chi connectivity index (χ2n) is 3.57. The van der Waals surface area contributed by atoms with Gasteiger partial charge in [0.2, 0.25) is 0 Å². The van der Waals surface area contributed by atoms with Crippen LogP contribution in [0.15, 0.2) is 29.2 Å². The summed E-state index contributed by atoms with van der Waals surface area (Å²) in [5.41, 5.74) is -0.182. The molecular formula is C10H13NO6S. The van der Waals surface area contributed by atoms with E-state index in [4.69, 9.17) is 8.92 Å². The van der Waals surface area contributed by atoms with Gasteiger partial charge in [-0.15, -0.1) is 0 Å². The maximum Gasteiger partial charge on any atom is 0.297 e. The Bertz CT molecular complexity index is 510. The minimum Gasteiger partial charge on any atom is -0.382 e. The second kappa shape index (κ2) is 5.89. The molecule has 1 unspecified atom stereocenters. The first-order valence-corrected chi connectivity index (χ1v) is 6.44. The van der Waals surface area contributed by atoms with Crippen molar-refractivity contribution in [2.24, 2.45) is 0 Å². The van der Waals surface area contributed by atoms with Crippen LogP contribution in [0.2, 0.25) is 0 Å². The fourth-order valence-corrected chi connectivity index (χ4v) is 2.34. The first kappa shape index (κ1) is 14.6. The summed E-state index contributed by atoms with van der Waals surface area (Å²) in [7, 11) is -2.50. The van der Waals surface area contributed by atoms with Gasteiger partial charge in [-0.3, -0.25) is 14.3 Å². The lowest BCUT2D eigenvalue weighted by atomic mass is 10.3. The lowest BCUT2D eigenvalue weighted by molar-refractivity contribution is -0.384. The normalized spacial score (nSPS) is 13.2. The molecule has 0 aromatic heterocycles. The van der Waals surface area contributed by atoms with Crippen LogP contribution in [-0.4, -0.2) is 33.2 Å². The summed E-state index contributed by atoms with van der Waals surface area (Å²) in [4.78, 5) is 9.70. The molecule has 0 saturated carbocycles. The second-order valence-corrected chi connectivity index (χ2v) is 5.14. The Balaban J connectivity index is 2.88. The number of non-ortho nitro benzene ring substituents is 1. The Kier molecular flexibility index (Phi) is 4.76. The summed E-state index contributed by atoms with van der Waals surface area (Å²) in [6, 6.07) is 4.48. The highest BCUT2D eigenvalue weighted by molar-refractivity contribution is 7.86. The molecule has 0 aliphatic carbocycles. The lowest BCUT2D eigenvalue weighted by Gasteiger charge is -2.11. The SMILES string of the molecule is COCC(C)OS(=O)(=O)c1ccc([N+](=O)[O-])cc1. The van der Waals surface area contributed by atoms with Crippen molar-refractivity contribution < 1.29 is 22.3 Å². The van der Waals surface area contributed by atoms with Crippen molar-refractivity contribution in [3.8, 4) is 0 Å². The van der Waals surface area contributed by atoms with Gasteiger partial charge < -0.3 is 4.74 Å². The minimum atomic E-state index is -3.93. The van der Waals surface area contributed by atoms with Gasteiger partial charge in [0.25, 0.3) is 15.8 Å². The average Bonchev–Trinajstić information content (AvgIpc) is 2.28. The maximum absolute atomic E-state index is 11.8. The van der Waals surface area contributed by atoms with Crippen LogP contribution >= 0.6 is 0 Å². The third-order valence-corrected chi connectivity index (χ3v) is 3.46. The molecule has 100 valence electrons. The molecular weight excluding hydrogens is 262 g/mol. The molecule has 0 amide bonds. The number of nitro groups is 1. The molecule has 8 heteroatoms. The monoisotopic (exact) mass is 275 g/mol. The number of methoxy groups -OCH3 is 1. The molecule has 1 aromatic rings. The first-order chi connectivity index (χ1) is 8.36. The van der Waals surface area contributed by atoms with E-state index in [2.05, 4.69) is 0 Å². The number of ether oxygens (including phenoxy) is 1. The van der Waals surface area contributed by atoms with Gasteiger partial charge in [-0.1, -0.05) is 0 Å². The Hall–Kier alpha value is -1.51. The summed E-state index contributed by atoms with van der Waals surface area (Å²) >= 11 is 0. The van der Waals surface area contributed by atoms with Gasteiger partial charge in [0, 0.05) is 19.2 Å². The molecule has 0 saturated heterocycles. The summed E-state index contributed by atoms with van der Waals surface area (Å²) in [5.74, 6) is 0. The molecule has 0 aliphatic heterocycles. The van der Waals surface area contributed by atoms with Crippen molar-refractivity contribution in [1.29, 1.82) is 0 Å². The Morgan fingerprint density at radius 1 is 1.33 bits per heavy atom. The highest BCUT2D eigenvalue weighted by atomic mass is 32.2. The third-order valence-electron chi connectivity index (χ3n) is 2.03. The maximum atomic E-state index is 11.8. The molecule has 0 fully saturated rings. The molecule has 1 aromatic carbocycles. The number of nitro benzene ring substituents is 1. The van der Waals surface area contributed by atoms with E-state index in [1.165, 1.54) is 7.11 Å². The number of nitrogens with zero attached hydrogens (tertiary/aromatic N) is 1. The van der Waals surface area contributed by atoms with Crippen LogP contribution in [0.25, 0.3) is 0 Å². The number of benzene rings is 1. The van der Waals surface area contributed by atoms with Crippen LogP contribution in [0.5, 0.6) is 0 Å². The van der Waals surface area contributed by atoms with E-state index in [-0.39, 0.29) is 17.2 Å². The fraction of sp³-hybridized carbons (Fsp3) is 0.400. The largest absolute Gasteiger partial charge is 0.382 e. The molecule has 18 heavy (non-hydrogen) atoms. The molecule has 0 aliphatic rings. The highest BCUT2D eigenvalue weighted by Crippen LogP contribution is 2.18. The Morgan fingerprint density at radius 2 is 1.89 bits per heavy atom. The zero-order chi connectivity index (χ0) is 13.8. The molecule has 1 rings (SSSR count). The van der Waals surface area contributed by atoms with Gasteiger partial charge in [0.15, 0.2) is 0 Å². The molecule has 0 heterocycles. The predicted molar refractivity (Wildman–Crippen MR) is 62.7 cm³/mol. The van der Waals surface area contributed by atoms with Crippen molar-refractivity contribution in [3.63, 3.8) is 0 Å². The summed E-state index contributed by atoms with van der Waals surface area (Å²) in [6.45, 7) is 1.68. The molecule has 0 radical (unpaired) electrons. The molecule has 0 N–H and O–H groups in total. The quantitative estimate of drug-likeness (QED) is 0.441. The smallest absolute Gasteiger partial charge is 0.297 e. The highest BCUT2D eigenvalue weighted by Gasteiger charge is 2.20. The van der Waals surface area contributed by atoms with Crippen molar-refractivity contribution >= 4 is 15.8 Å². The van der Waals surface area contributed by atoms with E-state index < -0.39 is 21.1 Å². The third kappa shape index (κ3) is 3.76. The summed E-state index contributed by atoms with van der Waals surface area (Å²) < 4.78 is 33.1. The molecule has 0 bridgehead atoms. The number of hydrogen-bond acceptors (Lipinski definition) is 6. The summed E-state index contributed by atoms with van der Waals surface area (Å²) in [6.07, 6.45) is -0.629. The van der Waals surface area contributed by atoms with Gasteiger partial charge in [-0.2, -0.15) is 8.42 Å². The van der Waals surface area contributed by atoms with E-state index >= 15 is 0 Å². The number of rotatable bonds is 6. The topological polar surface area (TPSA) is 95.7 Å². The summed E-state index contributed by atoms with van der Waals surface area (Å²) in [5, 5.41) is 10.4. The molecule has 7 nitrogen and oxygen atoms in total. The van der Waals surface area contributed by atoms with Gasteiger partial charge in [0.05, 0.1) is 22.5 Å². The lowest BCUT2D eigenvalue weighted by Crippen LogP contribution is -2.20. The van der Waals surface area contributed by atoms with Crippen LogP contribution in [0.3, 0.4) is 0 Å². The molecule has 1 atom stereocenters. The van der Waals surface area contributed by atoms with Gasteiger partial charge in [-0.25, -0.2) is 0 Å². The van der Waals surface area contributed by atoms with Gasteiger partial charge in [-0.05, 0) is 19.1 Å². The van der Waals surface area contributed by atoms with Crippen LogP contribution < -0.4 is 0 Å². The van der Waals surface area contributed by atoms with E-state index in [0.717, 1.165) is 24.3 Å². The Labute approximate surface area is 105 Å². The van der Waals surface area contributed by atoms with E-state index in [1.807, 2.05) is 0 Å². The van der Waals surface area contributed by atoms with Crippen molar-refractivity contribution in [3.05, 3.63) is 34.4 Å². The zero-order valence-electron chi connectivity index (χ0n) is 9.90.